The average molecular weight is 360 g/mol. The van der Waals surface area contributed by atoms with E-state index < -0.39 is 0 Å². The predicted octanol–water partition coefficient (Wildman–Crippen LogP) is 2.99. The second kappa shape index (κ2) is 7.40. The highest BCUT2D eigenvalue weighted by atomic mass is 35.5. The standard InChI is InChI=1S/C19H22ClN3O2/c1-12-15(13(2)22-19(25)21-12)7-8-18(24)23-10-9-14(11-23)16-5-3-4-6-17(16)20/h3-6,14H,7-11H2,1-2H3,(H,21,22,25). The van der Waals surface area contributed by atoms with Crippen LogP contribution in [0.1, 0.15) is 41.3 Å². The highest BCUT2D eigenvalue weighted by molar-refractivity contribution is 6.31. The minimum absolute atomic E-state index is 0.138. The van der Waals surface area contributed by atoms with Crippen molar-refractivity contribution in [3.05, 3.63) is 62.3 Å². The van der Waals surface area contributed by atoms with Crippen LogP contribution >= 0.6 is 11.6 Å². The minimum atomic E-state index is -0.341. The van der Waals surface area contributed by atoms with Gasteiger partial charge in [0.1, 0.15) is 0 Å². The Balaban J connectivity index is 1.62. The van der Waals surface area contributed by atoms with E-state index in [0.717, 1.165) is 34.8 Å². The number of amides is 1. The van der Waals surface area contributed by atoms with Crippen molar-refractivity contribution in [1.82, 2.24) is 14.9 Å². The van der Waals surface area contributed by atoms with Crippen molar-refractivity contribution < 1.29 is 4.79 Å². The second-order valence-electron chi connectivity index (χ2n) is 6.58. The number of likely N-dealkylation sites (tertiary alicyclic amines) is 1. The first kappa shape index (κ1) is 17.7. The first-order valence-corrected chi connectivity index (χ1v) is 8.92. The fourth-order valence-corrected chi connectivity index (χ4v) is 3.85. The molecule has 6 heteroatoms. The van der Waals surface area contributed by atoms with Crippen molar-refractivity contribution in [3.8, 4) is 0 Å². The third-order valence-corrected chi connectivity index (χ3v) is 5.27. The van der Waals surface area contributed by atoms with Gasteiger partial charge in [0.2, 0.25) is 5.91 Å². The number of rotatable bonds is 4. The number of nitrogens with zero attached hydrogens (tertiary/aromatic N) is 2. The largest absolute Gasteiger partial charge is 0.345 e. The van der Waals surface area contributed by atoms with Gasteiger partial charge in [-0.05, 0) is 43.9 Å². The quantitative estimate of drug-likeness (QED) is 0.912. The molecule has 1 atom stereocenters. The molecule has 0 radical (unpaired) electrons. The molecule has 1 aliphatic heterocycles. The third kappa shape index (κ3) is 3.93. The molecule has 5 nitrogen and oxygen atoms in total. The van der Waals surface area contributed by atoms with Gasteiger partial charge in [-0.1, -0.05) is 29.8 Å². The minimum Gasteiger partial charge on any atom is -0.342 e. The lowest BCUT2D eigenvalue weighted by Crippen LogP contribution is -2.29. The highest BCUT2D eigenvalue weighted by Gasteiger charge is 2.28. The smallest absolute Gasteiger partial charge is 0.342 e. The maximum absolute atomic E-state index is 12.6. The number of hydrogen-bond donors (Lipinski definition) is 1. The van der Waals surface area contributed by atoms with Crippen LogP contribution in [0.5, 0.6) is 0 Å². The molecule has 1 N–H and O–H groups in total. The van der Waals surface area contributed by atoms with Crippen LogP contribution in [0.2, 0.25) is 5.02 Å². The first-order valence-electron chi connectivity index (χ1n) is 8.54. The number of H-pyrrole nitrogens is 1. The van der Waals surface area contributed by atoms with Crippen molar-refractivity contribution in [3.63, 3.8) is 0 Å². The zero-order valence-corrected chi connectivity index (χ0v) is 15.3. The Bertz CT molecular complexity index is 821. The molecule has 0 spiro atoms. The molecule has 132 valence electrons. The van der Waals surface area contributed by atoms with Crippen LogP contribution in [-0.4, -0.2) is 33.9 Å². The lowest BCUT2D eigenvalue weighted by atomic mass is 9.98. The Morgan fingerprint density at radius 3 is 2.84 bits per heavy atom. The van der Waals surface area contributed by atoms with Crippen molar-refractivity contribution in [1.29, 1.82) is 0 Å². The van der Waals surface area contributed by atoms with E-state index in [4.69, 9.17) is 11.6 Å². The fraction of sp³-hybridized carbons (Fsp3) is 0.421. The van der Waals surface area contributed by atoms with Crippen molar-refractivity contribution in [2.45, 2.75) is 39.0 Å². The number of aryl methyl sites for hydroxylation is 2. The zero-order chi connectivity index (χ0) is 18.0. The van der Waals surface area contributed by atoms with E-state index >= 15 is 0 Å². The van der Waals surface area contributed by atoms with Gasteiger partial charge in [-0.3, -0.25) is 4.79 Å². The zero-order valence-electron chi connectivity index (χ0n) is 14.5. The molecule has 1 saturated heterocycles. The number of aromatic amines is 1. The molecule has 1 amide bonds. The van der Waals surface area contributed by atoms with E-state index in [-0.39, 0.29) is 11.6 Å². The summed E-state index contributed by atoms with van der Waals surface area (Å²) in [5, 5.41) is 0.771. The Labute approximate surface area is 152 Å². The number of carbonyl (C=O) groups is 1. The van der Waals surface area contributed by atoms with Gasteiger partial charge in [0.15, 0.2) is 0 Å². The van der Waals surface area contributed by atoms with Gasteiger partial charge in [-0.15, -0.1) is 0 Å². The second-order valence-corrected chi connectivity index (χ2v) is 6.98. The van der Waals surface area contributed by atoms with E-state index in [1.54, 1.807) is 0 Å². The van der Waals surface area contributed by atoms with Gasteiger partial charge < -0.3 is 9.88 Å². The third-order valence-electron chi connectivity index (χ3n) is 4.93. The Morgan fingerprint density at radius 1 is 1.36 bits per heavy atom. The first-order chi connectivity index (χ1) is 12.0. The summed E-state index contributed by atoms with van der Waals surface area (Å²) in [4.78, 5) is 32.5. The van der Waals surface area contributed by atoms with E-state index in [1.807, 2.05) is 43.0 Å². The van der Waals surface area contributed by atoms with Gasteiger partial charge in [0.25, 0.3) is 0 Å². The Hall–Kier alpha value is -2.14. The van der Waals surface area contributed by atoms with Crippen LogP contribution in [0, 0.1) is 13.8 Å². The maximum Gasteiger partial charge on any atom is 0.345 e. The van der Waals surface area contributed by atoms with E-state index in [2.05, 4.69) is 9.97 Å². The van der Waals surface area contributed by atoms with Gasteiger partial charge in [-0.25, -0.2) is 4.79 Å². The molecular formula is C19H22ClN3O2. The predicted molar refractivity (Wildman–Crippen MR) is 98.0 cm³/mol. The van der Waals surface area contributed by atoms with Crippen molar-refractivity contribution >= 4 is 17.5 Å². The number of nitrogens with one attached hydrogen (secondary N) is 1. The van der Waals surface area contributed by atoms with Crippen LogP contribution in [0.3, 0.4) is 0 Å². The molecule has 3 rings (SSSR count). The van der Waals surface area contributed by atoms with E-state index in [1.165, 1.54) is 0 Å². The summed E-state index contributed by atoms with van der Waals surface area (Å²) in [6.07, 6.45) is 1.95. The molecule has 1 unspecified atom stereocenters. The number of carbonyl (C=O) groups excluding carboxylic acids is 1. The Morgan fingerprint density at radius 2 is 2.12 bits per heavy atom. The Kier molecular flexibility index (Phi) is 5.23. The average Bonchev–Trinajstić information content (AvgIpc) is 3.04. The molecule has 2 heterocycles. The molecule has 0 saturated carbocycles. The molecular weight excluding hydrogens is 338 g/mol. The van der Waals surface area contributed by atoms with Crippen LogP contribution < -0.4 is 5.69 Å². The number of hydrogen-bond acceptors (Lipinski definition) is 3. The van der Waals surface area contributed by atoms with Gasteiger partial charge in [-0.2, -0.15) is 4.98 Å². The summed E-state index contributed by atoms with van der Waals surface area (Å²) in [7, 11) is 0. The number of benzene rings is 1. The normalized spacial score (nSPS) is 17.1. The van der Waals surface area contributed by atoms with E-state index in [9.17, 15) is 9.59 Å². The van der Waals surface area contributed by atoms with Crippen LogP contribution in [0.25, 0.3) is 0 Å². The molecule has 1 aliphatic rings. The van der Waals surface area contributed by atoms with E-state index in [0.29, 0.717) is 31.0 Å². The van der Waals surface area contributed by atoms with Gasteiger partial charge in [0.05, 0.1) is 0 Å². The van der Waals surface area contributed by atoms with Gasteiger partial charge in [0, 0.05) is 41.8 Å². The number of aromatic nitrogens is 2. The summed E-state index contributed by atoms with van der Waals surface area (Å²) in [5.74, 6) is 0.440. The highest BCUT2D eigenvalue weighted by Crippen LogP contribution is 2.32. The van der Waals surface area contributed by atoms with Crippen LogP contribution in [-0.2, 0) is 11.2 Å². The molecule has 25 heavy (non-hydrogen) atoms. The fourth-order valence-electron chi connectivity index (χ4n) is 3.56. The summed E-state index contributed by atoms with van der Waals surface area (Å²) in [6, 6.07) is 7.85. The maximum atomic E-state index is 12.6. The lowest BCUT2D eigenvalue weighted by Gasteiger charge is -2.18. The molecule has 1 aromatic heterocycles. The molecule has 2 aromatic rings. The topological polar surface area (TPSA) is 66.1 Å². The summed E-state index contributed by atoms with van der Waals surface area (Å²) in [5.41, 5.74) is 3.23. The van der Waals surface area contributed by atoms with Crippen LogP contribution in [0.4, 0.5) is 0 Å². The molecule has 1 aromatic carbocycles. The van der Waals surface area contributed by atoms with Crippen molar-refractivity contribution in [2.24, 2.45) is 0 Å². The van der Waals surface area contributed by atoms with Gasteiger partial charge >= 0.3 is 5.69 Å². The monoisotopic (exact) mass is 359 g/mol. The van der Waals surface area contributed by atoms with Crippen LogP contribution in [0.15, 0.2) is 29.1 Å². The SMILES string of the molecule is Cc1nc(=O)[nH]c(C)c1CCC(=O)N1CCC(c2ccccc2Cl)C1. The summed E-state index contributed by atoms with van der Waals surface area (Å²) >= 11 is 6.28. The number of halogens is 1. The summed E-state index contributed by atoms with van der Waals surface area (Å²) < 4.78 is 0. The molecule has 0 bridgehead atoms. The summed E-state index contributed by atoms with van der Waals surface area (Å²) in [6.45, 7) is 5.13. The van der Waals surface area contributed by atoms with Crippen molar-refractivity contribution in [2.75, 3.05) is 13.1 Å². The molecule has 0 aliphatic carbocycles. The molecule has 1 fully saturated rings. The lowest BCUT2D eigenvalue weighted by molar-refractivity contribution is -0.130.